The van der Waals surface area contributed by atoms with E-state index in [1.54, 1.807) is 0 Å². The molecule has 0 fully saturated rings. The highest BCUT2D eigenvalue weighted by atomic mass is 35.5. The van der Waals surface area contributed by atoms with E-state index in [2.05, 4.69) is 19.9 Å². The van der Waals surface area contributed by atoms with E-state index >= 15 is 0 Å². The molecule has 0 nitrogen and oxygen atoms in total. The average Bonchev–Trinajstić information content (AvgIpc) is 2.05. The smallest absolute Gasteiger partial charge is 0.0768 e. The van der Waals surface area contributed by atoms with Crippen molar-refractivity contribution in [2.24, 2.45) is 0 Å². The highest BCUT2D eigenvalue weighted by molar-refractivity contribution is 6.22. The molecule has 0 N–H and O–H groups in total. The molecule has 1 aromatic carbocycles. The van der Waals surface area contributed by atoms with Crippen LogP contribution >= 0.6 is 11.6 Å². The summed E-state index contributed by atoms with van der Waals surface area (Å²) in [5, 5.41) is 0.0104. The summed E-state index contributed by atoms with van der Waals surface area (Å²) in [7, 11) is 0. The van der Waals surface area contributed by atoms with E-state index in [1.807, 2.05) is 30.3 Å². The second-order valence-electron chi connectivity index (χ2n) is 3.06. The van der Waals surface area contributed by atoms with Crippen molar-refractivity contribution in [1.29, 1.82) is 0 Å². The van der Waals surface area contributed by atoms with Crippen LogP contribution in [0.1, 0.15) is 24.8 Å². The van der Waals surface area contributed by atoms with Crippen molar-refractivity contribution >= 4 is 11.6 Å². The van der Waals surface area contributed by atoms with Crippen LogP contribution in [0, 0.1) is 0 Å². The first-order valence-electron chi connectivity index (χ1n) is 4.04. The Morgan fingerprint density at radius 3 is 2.33 bits per heavy atom. The van der Waals surface area contributed by atoms with Gasteiger partial charge in [-0.25, -0.2) is 0 Å². The summed E-state index contributed by atoms with van der Waals surface area (Å²) in [6.07, 6.45) is 2.05. The number of halogens is 1. The zero-order chi connectivity index (χ0) is 8.97. The van der Waals surface area contributed by atoms with Gasteiger partial charge in [0.25, 0.3) is 0 Å². The van der Waals surface area contributed by atoms with Gasteiger partial charge in [-0.3, -0.25) is 0 Å². The lowest BCUT2D eigenvalue weighted by molar-refractivity contribution is 1.17. The molecular weight excluding hydrogens is 168 g/mol. The first kappa shape index (κ1) is 9.34. The SMILES string of the molecule is CC(C)=CC(Cl)c1ccccc1. The summed E-state index contributed by atoms with van der Waals surface area (Å²) < 4.78 is 0. The van der Waals surface area contributed by atoms with Crippen molar-refractivity contribution in [1.82, 2.24) is 0 Å². The molecule has 0 heterocycles. The number of hydrogen-bond donors (Lipinski definition) is 0. The molecule has 0 saturated carbocycles. The Morgan fingerprint density at radius 1 is 1.25 bits per heavy atom. The van der Waals surface area contributed by atoms with E-state index in [-0.39, 0.29) is 5.38 Å². The van der Waals surface area contributed by atoms with Gasteiger partial charge in [-0.15, -0.1) is 11.6 Å². The van der Waals surface area contributed by atoms with Crippen LogP contribution in [-0.4, -0.2) is 0 Å². The zero-order valence-corrected chi connectivity index (χ0v) is 8.18. The van der Waals surface area contributed by atoms with Gasteiger partial charge in [0.15, 0.2) is 0 Å². The molecular formula is C11H13Cl. The monoisotopic (exact) mass is 180 g/mol. The molecule has 1 rings (SSSR count). The standard InChI is InChI=1S/C11H13Cl/c1-9(2)8-11(12)10-6-4-3-5-7-10/h3-8,11H,1-2H3. The lowest BCUT2D eigenvalue weighted by Crippen LogP contribution is -1.85. The fourth-order valence-corrected chi connectivity index (χ4v) is 1.42. The van der Waals surface area contributed by atoms with E-state index < -0.39 is 0 Å². The van der Waals surface area contributed by atoms with Gasteiger partial charge in [-0.05, 0) is 19.4 Å². The molecule has 0 aromatic heterocycles. The Kier molecular flexibility index (Phi) is 3.36. The zero-order valence-electron chi connectivity index (χ0n) is 7.42. The third-order valence-corrected chi connectivity index (χ3v) is 1.98. The van der Waals surface area contributed by atoms with Gasteiger partial charge >= 0.3 is 0 Å². The van der Waals surface area contributed by atoms with Crippen molar-refractivity contribution in [2.75, 3.05) is 0 Å². The minimum absolute atomic E-state index is 0.0104. The van der Waals surface area contributed by atoms with Crippen LogP contribution in [0.5, 0.6) is 0 Å². The number of rotatable bonds is 2. The Morgan fingerprint density at radius 2 is 1.83 bits per heavy atom. The molecule has 1 heteroatoms. The predicted molar refractivity (Wildman–Crippen MR) is 54.5 cm³/mol. The topological polar surface area (TPSA) is 0 Å². The summed E-state index contributed by atoms with van der Waals surface area (Å²) in [5.74, 6) is 0. The minimum Gasteiger partial charge on any atom is -0.113 e. The molecule has 0 aliphatic rings. The highest BCUT2D eigenvalue weighted by Gasteiger charge is 2.01. The van der Waals surface area contributed by atoms with Crippen LogP contribution in [-0.2, 0) is 0 Å². The largest absolute Gasteiger partial charge is 0.113 e. The van der Waals surface area contributed by atoms with E-state index in [0.29, 0.717) is 0 Å². The third kappa shape index (κ3) is 2.71. The predicted octanol–water partition coefficient (Wildman–Crippen LogP) is 3.93. The average molecular weight is 181 g/mol. The van der Waals surface area contributed by atoms with Gasteiger partial charge < -0.3 is 0 Å². The van der Waals surface area contributed by atoms with E-state index in [0.717, 1.165) is 5.56 Å². The van der Waals surface area contributed by atoms with Gasteiger partial charge in [0.05, 0.1) is 5.38 Å². The third-order valence-electron chi connectivity index (χ3n) is 1.60. The summed E-state index contributed by atoms with van der Waals surface area (Å²) in [4.78, 5) is 0. The molecule has 0 saturated heterocycles. The van der Waals surface area contributed by atoms with E-state index in [4.69, 9.17) is 11.6 Å². The second kappa shape index (κ2) is 4.32. The maximum Gasteiger partial charge on any atom is 0.0768 e. The Labute approximate surface area is 78.9 Å². The normalized spacial score (nSPS) is 12.2. The fourth-order valence-electron chi connectivity index (χ4n) is 1.03. The number of allylic oxidation sites excluding steroid dienone is 2. The number of benzene rings is 1. The maximum absolute atomic E-state index is 6.12. The van der Waals surface area contributed by atoms with Gasteiger partial charge in [0.2, 0.25) is 0 Å². The van der Waals surface area contributed by atoms with Crippen molar-refractivity contribution in [2.45, 2.75) is 19.2 Å². The van der Waals surface area contributed by atoms with Crippen molar-refractivity contribution < 1.29 is 0 Å². The Hall–Kier alpha value is -0.750. The second-order valence-corrected chi connectivity index (χ2v) is 3.53. The molecule has 1 atom stereocenters. The first-order valence-corrected chi connectivity index (χ1v) is 4.48. The van der Waals surface area contributed by atoms with Crippen LogP contribution in [0.15, 0.2) is 42.0 Å². The summed E-state index contributed by atoms with van der Waals surface area (Å²) in [5.41, 5.74) is 2.40. The summed E-state index contributed by atoms with van der Waals surface area (Å²) >= 11 is 6.12. The molecule has 0 amide bonds. The van der Waals surface area contributed by atoms with Crippen LogP contribution in [0.2, 0.25) is 0 Å². The molecule has 64 valence electrons. The molecule has 1 unspecified atom stereocenters. The van der Waals surface area contributed by atoms with E-state index in [1.165, 1.54) is 5.57 Å². The lowest BCUT2D eigenvalue weighted by atomic mass is 10.1. The van der Waals surface area contributed by atoms with Gasteiger partial charge in [-0.1, -0.05) is 42.0 Å². The van der Waals surface area contributed by atoms with E-state index in [9.17, 15) is 0 Å². The Balaban J connectivity index is 2.79. The molecule has 0 spiro atoms. The molecule has 0 aliphatic heterocycles. The van der Waals surface area contributed by atoms with Crippen LogP contribution < -0.4 is 0 Å². The minimum atomic E-state index is 0.0104. The molecule has 0 bridgehead atoms. The van der Waals surface area contributed by atoms with Crippen LogP contribution in [0.25, 0.3) is 0 Å². The maximum atomic E-state index is 6.12. The first-order chi connectivity index (χ1) is 5.70. The molecule has 12 heavy (non-hydrogen) atoms. The fraction of sp³-hybridized carbons (Fsp3) is 0.273. The quantitative estimate of drug-likeness (QED) is 0.478. The van der Waals surface area contributed by atoms with Crippen LogP contribution in [0.4, 0.5) is 0 Å². The number of hydrogen-bond acceptors (Lipinski definition) is 0. The molecule has 0 aliphatic carbocycles. The molecule has 0 radical (unpaired) electrons. The van der Waals surface area contributed by atoms with Gasteiger partial charge in [0, 0.05) is 0 Å². The summed E-state index contributed by atoms with van der Waals surface area (Å²) in [6, 6.07) is 10.1. The van der Waals surface area contributed by atoms with Gasteiger partial charge in [-0.2, -0.15) is 0 Å². The number of alkyl halides is 1. The highest BCUT2D eigenvalue weighted by Crippen LogP contribution is 2.22. The van der Waals surface area contributed by atoms with Gasteiger partial charge in [0.1, 0.15) is 0 Å². The lowest BCUT2D eigenvalue weighted by Gasteiger charge is -2.04. The molecule has 1 aromatic rings. The van der Waals surface area contributed by atoms with Crippen molar-refractivity contribution in [3.63, 3.8) is 0 Å². The van der Waals surface area contributed by atoms with Crippen molar-refractivity contribution in [3.8, 4) is 0 Å². The van der Waals surface area contributed by atoms with Crippen LogP contribution in [0.3, 0.4) is 0 Å². The Bertz CT molecular complexity index is 258. The van der Waals surface area contributed by atoms with Crippen molar-refractivity contribution in [3.05, 3.63) is 47.5 Å². The summed E-state index contributed by atoms with van der Waals surface area (Å²) in [6.45, 7) is 4.11.